The van der Waals surface area contributed by atoms with Gasteiger partial charge < -0.3 is 5.11 Å². The van der Waals surface area contributed by atoms with E-state index in [-0.39, 0.29) is 24.8 Å². The van der Waals surface area contributed by atoms with Crippen LogP contribution < -0.4 is 5.32 Å². The standard InChI is InChI=1S/C8H12N2O4/c1-2-10-6(11)3-5(8(10)14)9-4-7(12)13/h5,9H,2-4H2,1H3,(H,12,13). The average molecular weight is 200 g/mol. The van der Waals surface area contributed by atoms with Crippen LogP contribution in [0.25, 0.3) is 0 Å². The van der Waals surface area contributed by atoms with E-state index < -0.39 is 12.0 Å². The summed E-state index contributed by atoms with van der Waals surface area (Å²) in [6, 6.07) is -0.668. The quantitative estimate of drug-likeness (QED) is 0.557. The molecule has 1 aliphatic rings. The van der Waals surface area contributed by atoms with Gasteiger partial charge in [-0.25, -0.2) is 0 Å². The maximum atomic E-state index is 11.4. The Hall–Kier alpha value is -1.43. The van der Waals surface area contributed by atoms with Gasteiger partial charge in [0.1, 0.15) is 0 Å². The number of carboxylic acids is 1. The van der Waals surface area contributed by atoms with Crippen molar-refractivity contribution in [1.82, 2.24) is 10.2 Å². The van der Waals surface area contributed by atoms with Gasteiger partial charge in [-0.1, -0.05) is 0 Å². The van der Waals surface area contributed by atoms with Gasteiger partial charge in [0.25, 0.3) is 0 Å². The zero-order chi connectivity index (χ0) is 10.7. The fraction of sp³-hybridized carbons (Fsp3) is 0.625. The van der Waals surface area contributed by atoms with Crippen molar-refractivity contribution >= 4 is 17.8 Å². The number of likely N-dealkylation sites (tertiary alicyclic amines) is 1. The molecule has 6 nitrogen and oxygen atoms in total. The van der Waals surface area contributed by atoms with Gasteiger partial charge in [0.2, 0.25) is 11.8 Å². The van der Waals surface area contributed by atoms with Crippen molar-refractivity contribution in [3.63, 3.8) is 0 Å². The molecule has 6 heteroatoms. The fourth-order valence-corrected chi connectivity index (χ4v) is 1.39. The molecule has 1 fully saturated rings. The molecule has 2 amide bonds. The number of nitrogens with one attached hydrogen (secondary N) is 1. The maximum absolute atomic E-state index is 11.4. The number of carbonyl (C=O) groups is 3. The van der Waals surface area contributed by atoms with Crippen LogP contribution >= 0.6 is 0 Å². The Morgan fingerprint density at radius 2 is 2.29 bits per heavy atom. The summed E-state index contributed by atoms with van der Waals surface area (Å²) in [4.78, 5) is 33.9. The van der Waals surface area contributed by atoms with Crippen molar-refractivity contribution in [3.05, 3.63) is 0 Å². The SMILES string of the molecule is CCN1C(=O)CC(NCC(=O)O)C1=O. The molecule has 1 heterocycles. The molecule has 0 aromatic rings. The number of carbonyl (C=O) groups excluding carboxylic acids is 2. The van der Waals surface area contributed by atoms with Crippen molar-refractivity contribution in [3.8, 4) is 0 Å². The predicted octanol–water partition coefficient (Wildman–Crippen LogP) is -1.19. The Bertz CT molecular complexity index is 277. The Kier molecular flexibility index (Phi) is 3.19. The molecule has 1 unspecified atom stereocenters. The van der Waals surface area contributed by atoms with Gasteiger partial charge >= 0.3 is 5.97 Å². The summed E-state index contributed by atoms with van der Waals surface area (Å²) in [6.07, 6.45) is 0.0555. The monoisotopic (exact) mass is 200 g/mol. The van der Waals surface area contributed by atoms with E-state index in [2.05, 4.69) is 5.32 Å². The summed E-state index contributed by atoms with van der Waals surface area (Å²) < 4.78 is 0. The molecule has 0 aromatic heterocycles. The van der Waals surface area contributed by atoms with E-state index in [9.17, 15) is 14.4 Å². The number of carboxylic acid groups (broad SMARTS) is 1. The van der Waals surface area contributed by atoms with E-state index in [4.69, 9.17) is 5.11 Å². The van der Waals surface area contributed by atoms with Gasteiger partial charge in [-0.15, -0.1) is 0 Å². The van der Waals surface area contributed by atoms with Crippen LogP contribution in [-0.4, -0.2) is 46.9 Å². The number of rotatable bonds is 4. The summed E-state index contributed by atoms with van der Waals surface area (Å²) in [6.45, 7) is 1.74. The number of likely N-dealkylation sites (N-methyl/N-ethyl adjacent to an activating group) is 1. The molecule has 0 radical (unpaired) electrons. The van der Waals surface area contributed by atoms with Crippen LogP contribution in [0, 0.1) is 0 Å². The van der Waals surface area contributed by atoms with Gasteiger partial charge in [0.15, 0.2) is 0 Å². The second kappa shape index (κ2) is 4.19. The summed E-state index contributed by atoms with van der Waals surface area (Å²) in [7, 11) is 0. The first kappa shape index (κ1) is 10.6. The van der Waals surface area contributed by atoms with Gasteiger partial charge in [-0.3, -0.25) is 24.6 Å². The highest BCUT2D eigenvalue weighted by molar-refractivity contribution is 6.05. The normalized spacial score (nSPS) is 21.8. The number of aliphatic carboxylic acids is 1. The first-order valence-electron chi connectivity index (χ1n) is 4.35. The molecule has 1 atom stereocenters. The Morgan fingerprint density at radius 3 is 2.71 bits per heavy atom. The molecule has 14 heavy (non-hydrogen) atoms. The summed E-state index contributed by atoms with van der Waals surface area (Å²) in [5, 5.41) is 10.9. The van der Waals surface area contributed by atoms with Crippen LogP contribution in [-0.2, 0) is 14.4 Å². The Morgan fingerprint density at radius 1 is 1.64 bits per heavy atom. The van der Waals surface area contributed by atoms with Crippen molar-refractivity contribution in [1.29, 1.82) is 0 Å². The molecular formula is C8H12N2O4. The molecule has 1 rings (SSSR count). The van der Waals surface area contributed by atoms with Crippen molar-refractivity contribution in [2.24, 2.45) is 0 Å². The molecule has 2 N–H and O–H groups in total. The second-order valence-electron chi connectivity index (χ2n) is 3.01. The zero-order valence-corrected chi connectivity index (χ0v) is 7.82. The maximum Gasteiger partial charge on any atom is 0.317 e. The van der Waals surface area contributed by atoms with E-state index in [1.54, 1.807) is 6.92 Å². The van der Waals surface area contributed by atoms with Gasteiger partial charge in [-0.2, -0.15) is 0 Å². The van der Waals surface area contributed by atoms with Crippen LogP contribution in [0.5, 0.6) is 0 Å². The predicted molar refractivity (Wildman–Crippen MR) is 46.4 cm³/mol. The number of hydrogen-bond donors (Lipinski definition) is 2. The number of imide groups is 1. The smallest absolute Gasteiger partial charge is 0.317 e. The highest BCUT2D eigenvalue weighted by atomic mass is 16.4. The minimum absolute atomic E-state index is 0.0555. The Labute approximate surface area is 80.9 Å². The summed E-state index contributed by atoms with van der Waals surface area (Å²) in [5.74, 6) is -1.63. The van der Waals surface area contributed by atoms with Gasteiger partial charge in [0, 0.05) is 6.54 Å². The number of nitrogens with zero attached hydrogens (tertiary/aromatic N) is 1. The van der Waals surface area contributed by atoms with Crippen LogP contribution in [0.4, 0.5) is 0 Å². The molecule has 0 bridgehead atoms. The van der Waals surface area contributed by atoms with E-state index in [1.165, 1.54) is 0 Å². The lowest BCUT2D eigenvalue weighted by Gasteiger charge is -2.11. The largest absolute Gasteiger partial charge is 0.480 e. The molecule has 0 aliphatic carbocycles. The van der Waals surface area contributed by atoms with E-state index in [1.807, 2.05) is 0 Å². The first-order chi connectivity index (χ1) is 6.56. The lowest BCUT2D eigenvalue weighted by atomic mass is 10.2. The minimum atomic E-state index is -1.04. The molecule has 78 valence electrons. The van der Waals surface area contributed by atoms with Crippen LogP contribution in [0.1, 0.15) is 13.3 Å². The lowest BCUT2D eigenvalue weighted by Crippen LogP contribution is -2.40. The second-order valence-corrected chi connectivity index (χ2v) is 3.01. The number of hydrogen-bond acceptors (Lipinski definition) is 4. The first-order valence-corrected chi connectivity index (χ1v) is 4.35. The summed E-state index contributed by atoms with van der Waals surface area (Å²) >= 11 is 0. The highest BCUT2D eigenvalue weighted by Gasteiger charge is 2.37. The molecular weight excluding hydrogens is 188 g/mol. The van der Waals surface area contributed by atoms with Crippen LogP contribution in [0.15, 0.2) is 0 Å². The third kappa shape index (κ3) is 2.08. The number of amides is 2. The third-order valence-electron chi connectivity index (χ3n) is 2.06. The lowest BCUT2D eigenvalue weighted by molar-refractivity contribution is -0.138. The Balaban J connectivity index is 2.53. The van der Waals surface area contributed by atoms with Gasteiger partial charge in [-0.05, 0) is 6.92 Å². The van der Waals surface area contributed by atoms with E-state index in [0.717, 1.165) is 4.90 Å². The van der Waals surface area contributed by atoms with Crippen molar-refractivity contribution in [2.45, 2.75) is 19.4 Å². The third-order valence-corrected chi connectivity index (χ3v) is 2.06. The molecule has 0 saturated carbocycles. The van der Waals surface area contributed by atoms with Crippen LogP contribution in [0.2, 0.25) is 0 Å². The van der Waals surface area contributed by atoms with E-state index in [0.29, 0.717) is 6.54 Å². The molecule has 0 aromatic carbocycles. The summed E-state index contributed by atoms with van der Waals surface area (Å²) in [5.41, 5.74) is 0. The fourth-order valence-electron chi connectivity index (χ4n) is 1.39. The minimum Gasteiger partial charge on any atom is -0.480 e. The van der Waals surface area contributed by atoms with Crippen molar-refractivity contribution < 1.29 is 19.5 Å². The van der Waals surface area contributed by atoms with Crippen molar-refractivity contribution in [2.75, 3.05) is 13.1 Å². The molecule has 1 aliphatic heterocycles. The van der Waals surface area contributed by atoms with E-state index >= 15 is 0 Å². The van der Waals surface area contributed by atoms with Gasteiger partial charge in [0.05, 0.1) is 19.0 Å². The molecule has 1 saturated heterocycles. The molecule has 0 spiro atoms. The zero-order valence-electron chi connectivity index (χ0n) is 7.82. The average Bonchev–Trinajstić information content (AvgIpc) is 2.38. The topological polar surface area (TPSA) is 86.7 Å². The highest BCUT2D eigenvalue weighted by Crippen LogP contribution is 2.11. The van der Waals surface area contributed by atoms with Crippen LogP contribution in [0.3, 0.4) is 0 Å².